The van der Waals surface area contributed by atoms with E-state index in [1.165, 1.54) is 6.07 Å². The van der Waals surface area contributed by atoms with E-state index in [-0.39, 0.29) is 5.82 Å². The van der Waals surface area contributed by atoms with Crippen molar-refractivity contribution >= 4 is 8.32 Å². The number of halogens is 1. The molecule has 1 aromatic carbocycles. The van der Waals surface area contributed by atoms with Gasteiger partial charge < -0.3 is 4.43 Å². The summed E-state index contributed by atoms with van der Waals surface area (Å²) < 4.78 is 18.8. The molecule has 0 aliphatic heterocycles. The van der Waals surface area contributed by atoms with Crippen molar-refractivity contribution in [1.82, 2.24) is 0 Å². The van der Waals surface area contributed by atoms with Crippen molar-refractivity contribution in [3.63, 3.8) is 0 Å². The summed E-state index contributed by atoms with van der Waals surface area (Å²) >= 11 is 0. The van der Waals surface area contributed by atoms with Gasteiger partial charge in [0.1, 0.15) is 5.82 Å². The lowest BCUT2D eigenvalue weighted by atomic mass is 10.1. The van der Waals surface area contributed by atoms with Crippen LogP contribution in [0.15, 0.2) is 18.2 Å². The summed E-state index contributed by atoms with van der Waals surface area (Å²) in [7, 11) is -1.77. The predicted molar refractivity (Wildman–Crippen MR) is 63.9 cm³/mol. The fraction of sp³-hybridized carbons (Fsp3) is 0.417. The molecule has 0 aromatic heterocycles. The minimum atomic E-state index is -1.77. The number of aryl methyl sites for hydroxylation is 1. The average Bonchev–Trinajstić information content (AvgIpc) is 2.17. The molecule has 1 aromatic rings. The zero-order valence-corrected chi connectivity index (χ0v) is 11.0. The number of hydrogen-bond acceptors (Lipinski definition) is 2. The van der Waals surface area contributed by atoms with Gasteiger partial charge in [-0.25, -0.2) is 4.39 Å². The van der Waals surface area contributed by atoms with Crippen LogP contribution in [-0.2, 0) is 4.43 Å². The Balaban J connectivity index is 2.97. The van der Waals surface area contributed by atoms with E-state index in [0.717, 1.165) is 5.56 Å². The Bertz CT molecular complexity index is 420. The van der Waals surface area contributed by atoms with E-state index in [2.05, 4.69) is 6.07 Å². The van der Waals surface area contributed by atoms with Crippen LogP contribution in [-0.4, -0.2) is 8.32 Å². The molecule has 0 radical (unpaired) electrons. The second kappa shape index (κ2) is 4.77. The minimum absolute atomic E-state index is 0.256. The lowest BCUT2D eigenvalue weighted by Gasteiger charge is -2.22. The van der Waals surface area contributed by atoms with Crippen LogP contribution in [0.3, 0.4) is 0 Å². The third-order valence-electron chi connectivity index (χ3n) is 2.07. The molecule has 0 heterocycles. The summed E-state index contributed by atoms with van der Waals surface area (Å²) in [6, 6.07) is 6.77. The molecule has 0 saturated heterocycles. The first-order valence-electron chi connectivity index (χ1n) is 5.17. The lowest BCUT2D eigenvalue weighted by molar-refractivity contribution is 0.255. The molecule has 0 aliphatic carbocycles. The molecule has 1 atom stereocenters. The topological polar surface area (TPSA) is 33.0 Å². The first-order chi connectivity index (χ1) is 7.33. The maximum Gasteiger partial charge on any atom is 0.186 e. The molecule has 0 saturated carbocycles. The van der Waals surface area contributed by atoms with Crippen molar-refractivity contribution in [3.05, 3.63) is 35.1 Å². The van der Waals surface area contributed by atoms with E-state index in [0.29, 0.717) is 5.56 Å². The Morgan fingerprint density at radius 3 is 2.44 bits per heavy atom. The van der Waals surface area contributed by atoms with Crippen molar-refractivity contribution in [2.24, 2.45) is 0 Å². The number of benzene rings is 1. The highest BCUT2D eigenvalue weighted by atomic mass is 28.4. The molecule has 0 amide bonds. The van der Waals surface area contributed by atoms with E-state index in [1.54, 1.807) is 19.1 Å². The van der Waals surface area contributed by atoms with Gasteiger partial charge >= 0.3 is 0 Å². The largest absolute Gasteiger partial charge is 0.399 e. The number of rotatable bonds is 3. The normalized spacial score (nSPS) is 13.2. The summed E-state index contributed by atoms with van der Waals surface area (Å²) in [6.45, 7) is 7.75. The Labute approximate surface area is 96.8 Å². The van der Waals surface area contributed by atoms with Crippen LogP contribution in [0, 0.1) is 24.1 Å². The second-order valence-electron chi connectivity index (χ2n) is 4.75. The molecule has 1 unspecified atom stereocenters. The van der Waals surface area contributed by atoms with Gasteiger partial charge in [0, 0.05) is 0 Å². The van der Waals surface area contributed by atoms with E-state index < -0.39 is 14.4 Å². The molecular weight excluding hydrogens is 221 g/mol. The Morgan fingerprint density at radius 1 is 1.38 bits per heavy atom. The van der Waals surface area contributed by atoms with Gasteiger partial charge in [-0.2, -0.15) is 5.26 Å². The minimum Gasteiger partial charge on any atom is -0.399 e. The molecule has 16 heavy (non-hydrogen) atoms. The highest BCUT2D eigenvalue weighted by Gasteiger charge is 2.22. The Morgan fingerprint density at radius 2 is 2.00 bits per heavy atom. The van der Waals surface area contributed by atoms with Crippen LogP contribution in [0.4, 0.5) is 4.39 Å². The summed E-state index contributed by atoms with van der Waals surface area (Å²) in [4.78, 5) is 0. The van der Waals surface area contributed by atoms with Crippen molar-refractivity contribution in [2.75, 3.05) is 0 Å². The highest BCUT2D eigenvalue weighted by molar-refractivity contribution is 6.69. The van der Waals surface area contributed by atoms with Crippen LogP contribution in [0.25, 0.3) is 0 Å². The molecule has 0 N–H and O–H groups in total. The first kappa shape index (κ1) is 12.9. The molecule has 1 rings (SSSR count). The summed E-state index contributed by atoms with van der Waals surface area (Å²) in [6.07, 6.45) is -0.592. The second-order valence-corrected chi connectivity index (χ2v) is 9.21. The first-order valence-corrected chi connectivity index (χ1v) is 8.58. The fourth-order valence-corrected chi connectivity index (χ4v) is 2.25. The lowest BCUT2D eigenvalue weighted by Crippen LogP contribution is -2.27. The molecule has 0 fully saturated rings. The molecule has 0 bridgehead atoms. The van der Waals surface area contributed by atoms with Crippen LogP contribution in [0.1, 0.15) is 17.2 Å². The molecule has 0 spiro atoms. The van der Waals surface area contributed by atoms with Gasteiger partial charge in [0.25, 0.3) is 0 Å². The number of nitriles is 1. The van der Waals surface area contributed by atoms with Crippen molar-refractivity contribution in [3.8, 4) is 6.07 Å². The van der Waals surface area contributed by atoms with Gasteiger partial charge in [-0.15, -0.1) is 0 Å². The third-order valence-corrected chi connectivity index (χ3v) is 3.02. The highest BCUT2D eigenvalue weighted by Crippen LogP contribution is 2.23. The summed E-state index contributed by atoms with van der Waals surface area (Å²) in [5.74, 6) is -0.256. The van der Waals surface area contributed by atoms with Crippen LogP contribution in [0.5, 0.6) is 0 Å². The summed E-state index contributed by atoms with van der Waals surface area (Å²) in [5, 5.41) is 9.06. The van der Waals surface area contributed by atoms with Crippen molar-refractivity contribution < 1.29 is 8.82 Å². The maximum absolute atomic E-state index is 13.1. The van der Waals surface area contributed by atoms with Crippen LogP contribution in [0.2, 0.25) is 19.6 Å². The fourth-order valence-electron chi connectivity index (χ4n) is 1.35. The summed E-state index contributed by atoms with van der Waals surface area (Å²) in [5.41, 5.74) is 1.26. The smallest absolute Gasteiger partial charge is 0.186 e. The van der Waals surface area contributed by atoms with Crippen molar-refractivity contribution in [1.29, 1.82) is 5.26 Å². The van der Waals surface area contributed by atoms with E-state index in [9.17, 15) is 4.39 Å². The van der Waals surface area contributed by atoms with Gasteiger partial charge in [-0.1, -0.05) is 6.07 Å². The average molecular weight is 237 g/mol. The standard InChI is InChI=1S/C12H16FNOSi/c1-9-7-10(5-6-11(9)13)12(8-14)15-16(2,3)4/h5-7,12H,1-4H3. The van der Waals surface area contributed by atoms with Crippen LogP contribution >= 0.6 is 0 Å². The zero-order valence-electron chi connectivity index (χ0n) is 10.0. The molecule has 4 heteroatoms. The Kier molecular flexibility index (Phi) is 3.84. The number of nitrogens with zero attached hydrogens (tertiary/aromatic N) is 1. The molecule has 0 aliphatic rings. The van der Waals surface area contributed by atoms with Gasteiger partial charge in [-0.3, -0.25) is 0 Å². The predicted octanol–water partition coefficient (Wildman–Crippen LogP) is 3.55. The SMILES string of the molecule is Cc1cc(C(C#N)O[Si](C)(C)C)ccc1F. The quantitative estimate of drug-likeness (QED) is 0.753. The van der Waals surface area contributed by atoms with Crippen molar-refractivity contribution in [2.45, 2.75) is 32.7 Å². The third kappa shape index (κ3) is 3.44. The molecular formula is C12H16FNOSi. The van der Waals surface area contributed by atoms with Gasteiger partial charge in [-0.05, 0) is 49.8 Å². The maximum atomic E-state index is 13.1. The van der Waals surface area contributed by atoms with Gasteiger partial charge in [0.2, 0.25) is 0 Å². The van der Waals surface area contributed by atoms with E-state index >= 15 is 0 Å². The number of hydrogen-bond donors (Lipinski definition) is 0. The van der Waals surface area contributed by atoms with Crippen LogP contribution < -0.4 is 0 Å². The Hall–Kier alpha value is -1.18. The van der Waals surface area contributed by atoms with Gasteiger partial charge in [0.15, 0.2) is 14.4 Å². The van der Waals surface area contributed by atoms with Gasteiger partial charge in [0.05, 0.1) is 6.07 Å². The molecule has 2 nitrogen and oxygen atoms in total. The monoisotopic (exact) mass is 237 g/mol. The zero-order chi connectivity index (χ0) is 12.3. The van der Waals surface area contributed by atoms with E-state index in [1.807, 2.05) is 19.6 Å². The van der Waals surface area contributed by atoms with E-state index in [4.69, 9.17) is 9.69 Å². The molecule has 86 valence electrons.